The largest absolute Gasteiger partial charge is 0.388 e. The van der Waals surface area contributed by atoms with Gasteiger partial charge >= 0.3 is 18.1 Å². The molecule has 0 spiro atoms. The number of nitrogens with zero attached hydrogens (tertiary/aromatic N) is 3. The standard InChI is InChI=1S/C13H13N4O3/c1-13-7-12(16(13)11(9-14-13)17(18)19)20-15-8-10-5-3-2-4-6-10/h2-6,9,12,14H,7H2,1H3/q+1/t12-,13-/m0/s1. The van der Waals surface area contributed by atoms with E-state index >= 15 is 0 Å². The number of nitro groups is 1. The Morgan fingerprint density at radius 1 is 1.55 bits per heavy atom. The van der Waals surface area contributed by atoms with Gasteiger partial charge in [-0.3, -0.25) is 0 Å². The number of nitrogens with one attached hydrogen (secondary N) is 1. The van der Waals surface area contributed by atoms with E-state index in [0.29, 0.717) is 6.42 Å². The van der Waals surface area contributed by atoms with E-state index in [-0.39, 0.29) is 5.82 Å². The zero-order chi connectivity index (χ0) is 14.2. The monoisotopic (exact) mass is 273 g/mol. The van der Waals surface area contributed by atoms with Crippen molar-refractivity contribution >= 4 is 0 Å². The third-order valence-electron chi connectivity index (χ3n) is 3.46. The van der Waals surface area contributed by atoms with Crippen molar-refractivity contribution in [3.8, 4) is 6.07 Å². The molecule has 7 nitrogen and oxygen atoms in total. The van der Waals surface area contributed by atoms with Gasteiger partial charge in [-0.1, -0.05) is 18.2 Å². The van der Waals surface area contributed by atoms with Crippen LogP contribution < -0.4 is 5.32 Å². The summed E-state index contributed by atoms with van der Waals surface area (Å²) in [5.74, 6) is -0.00124. The van der Waals surface area contributed by atoms with Gasteiger partial charge in [-0.2, -0.15) is 4.90 Å². The summed E-state index contributed by atoms with van der Waals surface area (Å²) in [5, 5.41) is 17.7. The SMILES string of the molecule is C[C@@]12C[C@H](O[N+]#Cc3ccccc3)N1C([N+](=O)[O-])=CN2. The van der Waals surface area contributed by atoms with Crippen molar-refractivity contribution in [3.63, 3.8) is 0 Å². The second-order valence-corrected chi connectivity index (χ2v) is 4.88. The maximum Gasteiger partial charge on any atom is 0.388 e. The van der Waals surface area contributed by atoms with Crippen molar-refractivity contribution in [2.75, 3.05) is 0 Å². The quantitative estimate of drug-likeness (QED) is 0.656. The predicted octanol–water partition coefficient (Wildman–Crippen LogP) is 1.73. The van der Waals surface area contributed by atoms with Crippen molar-refractivity contribution in [3.05, 3.63) is 63.0 Å². The van der Waals surface area contributed by atoms with E-state index in [0.717, 1.165) is 5.56 Å². The molecule has 102 valence electrons. The molecule has 2 aliphatic rings. The molecular weight excluding hydrogens is 260 g/mol. The van der Waals surface area contributed by atoms with Crippen molar-refractivity contribution in [2.24, 2.45) is 0 Å². The maximum atomic E-state index is 10.9. The van der Waals surface area contributed by atoms with E-state index in [1.54, 1.807) is 4.90 Å². The van der Waals surface area contributed by atoms with Crippen LogP contribution in [0.2, 0.25) is 0 Å². The molecule has 0 saturated carbocycles. The van der Waals surface area contributed by atoms with Crippen LogP contribution in [0.1, 0.15) is 18.9 Å². The van der Waals surface area contributed by atoms with Crippen LogP contribution in [0.3, 0.4) is 0 Å². The van der Waals surface area contributed by atoms with Gasteiger partial charge in [-0.25, -0.2) is 0 Å². The minimum absolute atomic E-state index is 0.00124. The lowest BCUT2D eigenvalue weighted by Crippen LogP contribution is -2.66. The molecule has 7 heteroatoms. The Morgan fingerprint density at radius 2 is 2.30 bits per heavy atom. The lowest BCUT2D eigenvalue weighted by Gasteiger charge is -2.42. The molecule has 2 heterocycles. The summed E-state index contributed by atoms with van der Waals surface area (Å²) < 4.78 is 0. The number of hydrogen-bond donors (Lipinski definition) is 1. The Morgan fingerprint density at radius 3 is 3.00 bits per heavy atom. The number of benzene rings is 1. The molecule has 1 saturated heterocycles. The zero-order valence-corrected chi connectivity index (χ0v) is 10.8. The van der Waals surface area contributed by atoms with Gasteiger partial charge in [0.1, 0.15) is 5.56 Å². The fourth-order valence-corrected chi connectivity index (χ4v) is 2.43. The average molecular weight is 273 g/mol. The number of hydrogen-bond acceptors (Lipinski definition) is 5. The lowest BCUT2D eigenvalue weighted by atomic mass is 9.96. The molecule has 0 radical (unpaired) electrons. The van der Waals surface area contributed by atoms with Crippen LogP contribution in [0.15, 0.2) is 42.4 Å². The second-order valence-electron chi connectivity index (χ2n) is 4.88. The van der Waals surface area contributed by atoms with Gasteiger partial charge in [0.15, 0.2) is 5.66 Å². The first-order chi connectivity index (χ1) is 9.60. The van der Waals surface area contributed by atoms with Crippen LogP contribution in [0.5, 0.6) is 0 Å². The summed E-state index contributed by atoms with van der Waals surface area (Å²) >= 11 is 0. The van der Waals surface area contributed by atoms with Gasteiger partial charge in [-0.15, -0.1) is 4.84 Å². The van der Waals surface area contributed by atoms with Crippen LogP contribution in [0.25, 0.3) is 5.01 Å². The molecule has 0 aliphatic carbocycles. The highest BCUT2D eigenvalue weighted by Crippen LogP contribution is 2.42. The maximum absolute atomic E-state index is 10.9. The zero-order valence-electron chi connectivity index (χ0n) is 10.8. The highest BCUT2D eigenvalue weighted by Gasteiger charge is 2.64. The summed E-state index contributed by atoms with van der Waals surface area (Å²) in [6.45, 7) is 1.88. The van der Waals surface area contributed by atoms with Crippen LogP contribution in [-0.4, -0.2) is 21.7 Å². The third kappa shape index (κ3) is 1.91. The van der Waals surface area contributed by atoms with Crippen LogP contribution in [0.4, 0.5) is 0 Å². The van der Waals surface area contributed by atoms with E-state index in [4.69, 9.17) is 4.84 Å². The molecule has 3 rings (SSSR count). The van der Waals surface area contributed by atoms with Crippen LogP contribution >= 0.6 is 0 Å². The fraction of sp³-hybridized carbons (Fsp3) is 0.308. The molecule has 0 bridgehead atoms. The van der Waals surface area contributed by atoms with Gasteiger partial charge in [0, 0.05) is 0 Å². The van der Waals surface area contributed by atoms with Gasteiger partial charge in [0.05, 0.1) is 12.6 Å². The molecule has 20 heavy (non-hydrogen) atoms. The molecule has 1 N–H and O–H groups in total. The van der Waals surface area contributed by atoms with Gasteiger partial charge in [0.2, 0.25) is 5.01 Å². The molecule has 1 fully saturated rings. The first-order valence-electron chi connectivity index (χ1n) is 6.19. The van der Waals surface area contributed by atoms with Crippen molar-refractivity contribution in [2.45, 2.75) is 25.2 Å². The van der Waals surface area contributed by atoms with E-state index in [2.05, 4.69) is 16.4 Å². The Labute approximate surface area is 115 Å². The molecular formula is C13H13N4O3+. The molecule has 1 aromatic carbocycles. The molecule has 0 amide bonds. The molecule has 2 atom stereocenters. The summed E-state index contributed by atoms with van der Waals surface area (Å²) in [5.41, 5.74) is 0.342. The van der Waals surface area contributed by atoms with Crippen LogP contribution in [0, 0.1) is 16.2 Å². The van der Waals surface area contributed by atoms with Crippen molar-refractivity contribution < 1.29 is 9.76 Å². The van der Waals surface area contributed by atoms with Gasteiger partial charge in [-0.05, 0) is 24.0 Å². The normalized spacial score (nSPS) is 26.4. The number of rotatable bonds is 2. The van der Waals surface area contributed by atoms with E-state index in [9.17, 15) is 10.1 Å². The minimum atomic E-state index is -0.449. The lowest BCUT2D eigenvalue weighted by molar-refractivity contribution is -0.460. The van der Waals surface area contributed by atoms with E-state index in [1.165, 1.54) is 6.20 Å². The van der Waals surface area contributed by atoms with Crippen LogP contribution in [-0.2, 0) is 4.84 Å². The van der Waals surface area contributed by atoms with Gasteiger partial charge in [0.25, 0.3) is 0 Å². The van der Waals surface area contributed by atoms with Crippen molar-refractivity contribution in [1.82, 2.24) is 10.2 Å². The predicted molar refractivity (Wildman–Crippen MR) is 70.7 cm³/mol. The third-order valence-corrected chi connectivity index (χ3v) is 3.46. The molecule has 1 aromatic rings. The second kappa shape index (κ2) is 4.42. The smallest absolute Gasteiger partial charge is 0.358 e. The van der Waals surface area contributed by atoms with Crippen molar-refractivity contribution in [1.29, 1.82) is 0 Å². The first-order valence-corrected chi connectivity index (χ1v) is 6.19. The Bertz CT molecular complexity index is 634. The number of fused-ring (bicyclic) bond motifs is 1. The Hall–Kier alpha value is -2.75. The van der Waals surface area contributed by atoms with Gasteiger partial charge < -0.3 is 15.4 Å². The summed E-state index contributed by atoms with van der Waals surface area (Å²) in [7, 11) is 0. The first kappa shape index (κ1) is 12.3. The molecule has 2 aliphatic heterocycles. The highest BCUT2D eigenvalue weighted by atomic mass is 16.7. The summed E-state index contributed by atoms with van der Waals surface area (Å²) in [6, 6.07) is 12.1. The Kier molecular flexibility index (Phi) is 2.71. The van der Waals surface area contributed by atoms with E-state index in [1.807, 2.05) is 37.3 Å². The van der Waals surface area contributed by atoms with E-state index < -0.39 is 16.8 Å². The summed E-state index contributed by atoms with van der Waals surface area (Å²) in [6.07, 6.45) is 1.57. The fourth-order valence-electron chi connectivity index (χ4n) is 2.43. The topological polar surface area (TPSA) is 72.0 Å². The molecule has 0 unspecified atom stereocenters. The minimum Gasteiger partial charge on any atom is -0.358 e. The summed E-state index contributed by atoms with van der Waals surface area (Å²) in [4.78, 5) is 17.4. The molecule has 0 aromatic heterocycles. The Balaban J connectivity index is 1.67. The average Bonchev–Trinajstić information content (AvgIpc) is 2.69. The highest BCUT2D eigenvalue weighted by molar-refractivity contribution is 5.30.